The number of methoxy groups -OCH3 is 1. The van der Waals surface area contributed by atoms with Gasteiger partial charge in [0.25, 0.3) is 0 Å². The van der Waals surface area contributed by atoms with Crippen LogP contribution >= 0.6 is 0 Å². The summed E-state index contributed by atoms with van der Waals surface area (Å²) in [5.41, 5.74) is 1.83. The second-order valence-electron chi connectivity index (χ2n) is 6.25. The van der Waals surface area contributed by atoms with Crippen LogP contribution in [0.5, 0.6) is 0 Å². The molecule has 2 rings (SSSR count). The summed E-state index contributed by atoms with van der Waals surface area (Å²) in [6.07, 6.45) is -0.541. The lowest BCUT2D eigenvalue weighted by atomic mass is 10.0. The molecule has 0 aliphatic rings. The molecule has 0 radical (unpaired) electrons. The van der Waals surface area contributed by atoms with Gasteiger partial charge >= 0.3 is 6.09 Å². The van der Waals surface area contributed by atoms with Gasteiger partial charge in [-0.05, 0) is 23.8 Å². The van der Waals surface area contributed by atoms with Crippen LogP contribution in [-0.2, 0) is 19.1 Å². The summed E-state index contributed by atoms with van der Waals surface area (Å²) in [4.78, 5) is 35.7. The highest BCUT2D eigenvalue weighted by atomic mass is 16.6. The number of hydrogen-bond donors (Lipinski definition) is 3. The number of nitrogens with one attached hydrogen (secondary N) is 3. The van der Waals surface area contributed by atoms with Crippen molar-refractivity contribution in [3.8, 4) is 0 Å². The minimum Gasteiger partial charge on any atom is -0.447 e. The Hall–Kier alpha value is -3.39. The molecule has 1 unspecified atom stereocenters. The molecule has 3 N–H and O–H groups in total. The number of carbonyl (C=O) groups is 3. The van der Waals surface area contributed by atoms with Crippen LogP contribution in [0, 0.1) is 0 Å². The van der Waals surface area contributed by atoms with Crippen LogP contribution in [-0.4, -0.2) is 38.2 Å². The standard InChI is InChI=1S/C21H25N3O5/c1-15(25)22-19(16-7-4-3-5-8-16)14-20(26)23-17-9-6-10-18(13-17)24-21(27)29-12-11-28-2/h3-10,13,19H,11-12,14H2,1-2H3,(H,22,25)(H,23,26)(H,24,27). The summed E-state index contributed by atoms with van der Waals surface area (Å²) in [5.74, 6) is -0.489. The summed E-state index contributed by atoms with van der Waals surface area (Å²) < 4.78 is 9.76. The highest BCUT2D eigenvalue weighted by Gasteiger charge is 2.17. The first-order chi connectivity index (χ1) is 14.0. The molecular weight excluding hydrogens is 374 g/mol. The summed E-state index contributed by atoms with van der Waals surface area (Å²) in [7, 11) is 1.52. The Bertz CT molecular complexity index is 826. The number of carbonyl (C=O) groups excluding carboxylic acids is 3. The van der Waals surface area contributed by atoms with Crippen LogP contribution in [0.25, 0.3) is 0 Å². The van der Waals surface area contributed by atoms with E-state index in [-0.39, 0.29) is 24.8 Å². The fourth-order valence-corrected chi connectivity index (χ4v) is 2.63. The fourth-order valence-electron chi connectivity index (χ4n) is 2.63. The Morgan fingerprint density at radius 2 is 1.62 bits per heavy atom. The van der Waals surface area contributed by atoms with Crippen molar-refractivity contribution in [2.75, 3.05) is 31.0 Å². The maximum absolute atomic E-state index is 12.5. The average molecular weight is 399 g/mol. The number of anilines is 2. The Balaban J connectivity index is 1.96. The van der Waals surface area contributed by atoms with Crippen molar-refractivity contribution in [2.24, 2.45) is 0 Å². The van der Waals surface area contributed by atoms with Crippen molar-refractivity contribution in [3.63, 3.8) is 0 Å². The van der Waals surface area contributed by atoms with Crippen LogP contribution < -0.4 is 16.0 Å². The quantitative estimate of drug-likeness (QED) is 0.562. The third kappa shape index (κ3) is 8.02. The van der Waals surface area contributed by atoms with E-state index in [1.807, 2.05) is 30.3 Å². The predicted octanol–water partition coefficient (Wildman–Crippen LogP) is 3.09. The van der Waals surface area contributed by atoms with Crippen LogP contribution in [0.1, 0.15) is 24.9 Å². The Labute approximate surface area is 169 Å². The minimum atomic E-state index is -0.611. The van der Waals surface area contributed by atoms with Gasteiger partial charge in [-0.2, -0.15) is 0 Å². The molecule has 3 amide bonds. The van der Waals surface area contributed by atoms with Gasteiger partial charge in [-0.15, -0.1) is 0 Å². The van der Waals surface area contributed by atoms with Gasteiger partial charge in [0, 0.05) is 25.4 Å². The van der Waals surface area contributed by atoms with Crippen molar-refractivity contribution in [2.45, 2.75) is 19.4 Å². The van der Waals surface area contributed by atoms with E-state index in [9.17, 15) is 14.4 Å². The second kappa shape index (κ2) is 11.5. The molecule has 0 fully saturated rings. The molecule has 0 bridgehead atoms. The molecule has 0 aromatic heterocycles. The number of rotatable bonds is 9. The summed E-state index contributed by atoms with van der Waals surface area (Å²) in [6, 6.07) is 15.5. The lowest BCUT2D eigenvalue weighted by Crippen LogP contribution is -2.29. The van der Waals surface area contributed by atoms with Gasteiger partial charge in [0.2, 0.25) is 11.8 Å². The van der Waals surface area contributed by atoms with E-state index in [0.717, 1.165) is 5.56 Å². The smallest absolute Gasteiger partial charge is 0.411 e. The number of ether oxygens (including phenoxy) is 2. The first kappa shape index (κ1) is 21.9. The van der Waals surface area contributed by atoms with Gasteiger partial charge in [0.15, 0.2) is 0 Å². The summed E-state index contributed by atoms with van der Waals surface area (Å²) in [5, 5.41) is 8.15. The molecule has 2 aromatic carbocycles. The van der Waals surface area contributed by atoms with Gasteiger partial charge in [-0.25, -0.2) is 4.79 Å². The van der Waals surface area contributed by atoms with Crippen LogP contribution in [0.3, 0.4) is 0 Å². The topological polar surface area (TPSA) is 106 Å². The zero-order chi connectivity index (χ0) is 21.1. The van der Waals surface area contributed by atoms with Crippen LogP contribution in [0.15, 0.2) is 54.6 Å². The molecule has 0 aliphatic heterocycles. The molecule has 0 spiro atoms. The molecule has 0 heterocycles. The zero-order valence-electron chi connectivity index (χ0n) is 16.4. The molecule has 0 saturated carbocycles. The van der Waals surface area contributed by atoms with E-state index in [1.165, 1.54) is 14.0 Å². The van der Waals surface area contributed by atoms with E-state index in [4.69, 9.17) is 9.47 Å². The molecule has 29 heavy (non-hydrogen) atoms. The normalized spacial score (nSPS) is 11.2. The monoisotopic (exact) mass is 399 g/mol. The van der Waals surface area contributed by atoms with E-state index >= 15 is 0 Å². The van der Waals surface area contributed by atoms with Crippen molar-refractivity contribution in [3.05, 3.63) is 60.2 Å². The van der Waals surface area contributed by atoms with Crippen molar-refractivity contribution >= 4 is 29.3 Å². The van der Waals surface area contributed by atoms with Crippen LogP contribution in [0.2, 0.25) is 0 Å². The maximum Gasteiger partial charge on any atom is 0.411 e. The third-order valence-corrected chi connectivity index (χ3v) is 3.88. The molecule has 154 valence electrons. The number of hydrogen-bond acceptors (Lipinski definition) is 5. The lowest BCUT2D eigenvalue weighted by molar-refractivity contribution is -0.120. The molecule has 0 saturated heterocycles. The first-order valence-corrected chi connectivity index (χ1v) is 9.12. The zero-order valence-corrected chi connectivity index (χ0v) is 16.4. The minimum absolute atomic E-state index is 0.0698. The van der Waals surface area contributed by atoms with E-state index in [2.05, 4.69) is 16.0 Å². The molecular formula is C21H25N3O5. The van der Waals surface area contributed by atoms with Gasteiger partial charge in [-0.3, -0.25) is 14.9 Å². The van der Waals surface area contributed by atoms with Gasteiger partial charge < -0.3 is 20.1 Å². The Morgan fingerprint density at radius 1 is 0.931 bits per heavy atom. The van der Waals surface area contributed by atoms with Crippen LogP contribution in [0.4, 0.5) is 16.2 Å². The van der Waals surface area contributed by atoms with Crippen molar-refractivity contribution < 1.29 is 23.9 Å². The van der Waals surface area contributed by atoms with Gasteiger partial charge in [0.1, 0.15) is 6.61 Å². The molecule has 2 aromatic rings. The van der Waals surface area contributed by atoms with E-state index < -0.39 is 12.1 Å². The molecule has 8 nitrogen and oxygen atoms in total. The molecule has 0 aliphatic carbocycles. The van der Waals surface area contributed by atoms with E-state index in [1.54, 1.807) is 24.3 Å². The Morgan fingerprint density at radius 3 is 2.28 bits per heavy atom. The Kier molecular flexibility index (Phi) is 8.65. The summed E-state index contributed by atoms with van der Waals surface area (Å²) >= 11 is 0. The largest absolute Gasteiger partial charge is 0.447 e. The van der Waals surface area contributed by atoms with Gasteiger partial charge in [0.05, 0.1) is 19.1 Å². The lowest BCUT2D eigenvalue weighted by Gasteiger charge is -2.18. The van der Waals surface area contributed by atoms with Gasteiger partial charge in [-0.1, -0.05) is 36.4 Å². The average Bonchev–Trinajstić information content (AvgIpc) is 2.68. The second-order valence-corrected chi connectivity index (χ2v) is 6.25. The number of amides is 3. The summed E-state index contributed by atoms with van der Waals surface area (Å²) in [6.45, 7) is 1.86. The predicted molar refractivity (Wildman–Crippen MR) is 110 cm³/mol. The number of benzene rings is 2. The van der Waals surface area contributed by atoms with Crippen molar-refractivity contribution in [1.82, 2.24) is 5.32 Å². The third-order valence-electron chi connectivity index (χ3n) is 3.88. The maximum atomic E-state index is 12.5. The molecule has 1 atom stereocenters. The van der Waals surface area contributed by atoms with Crippen molar-refractivity contribution in [1.29, 1.82) is 0 Å². The fraction of sp³-hybridized carbons (Fsp3) is 0.286. The highest BCUT2D eigenvalue weighted by molar-refractivity contribution is 5.93. The SMILES string of the molecule is COCCOC(=O)Nc1cccc(NC(=O)CC(NC(C)=O)c2ccccc2)c1. The molecule has 8 heteroatoms. The first-order valence-electron chi connectivity index (χ1n) is 9.12. The highest BCUT2D eigenvalue weighted by Crippen LogP contribution is 2.19. The van der Waals surface area contributed by atoms with E-state index in [0.29, 0.717) is 18.0 Å².